The molecule has 2 aromatic rings. The third kappa shape index (κ3) is 2.31. The number of benzene rings is 1. The van der Waals surface area contributed by atoms with E-state index in [-0.39, 0.29) is 10.8 Å². The predicted octanol–water partition coefficient (Wildman–Crippen LogP) is 1.87. The minimum Gasteiger partial charge on any atom is -0.464 e. The number of hydrogen-bond donors (Lipinski definition) is 0. The zero-order valence-corrected chi connectivity index (χ0v) is 14.1. The molecule has 2 aliphatic rings. The van der Waals surface area contributed by atoms with Crippen molar-refractivity contribution in [3.8, 4) is 0 Å². The molecule has 0 N–H and O–H groups in total. The molecule has 1 aromatic heterocycles. The van der Waals surface area contributed by atoms with Crippen LogP contribution in [-0.2, 0) is 19.6 Å². The van der Waals surface area contributed by atoms with Crippen molar-refractivity contribution in [2.45, 2.75) is 30.7 Å². The summed E-state index contributed by atoms with van der Waals surface area (Å²) in [6, 6.07) is 8.11. The quantitative estimate of drug-likeness (QED) is 0.776. The van der Waals surface area contributed by atoms with Gasteiger partial charge in [0.05, 0.1) is 12.1 Å². The Kier molecular flexibility index (Phi) is 3.58. The number of carbonyl (C=O) groups is 1. The highest BCUT2D eigenvalue weighted by atomic mass is 32.2. The first-order valence-electron chi connectivity index (χ1n) is 8.03. The minimum absolute atomic E-state index is 0.0469. The Labute approximate surface area is 140 Å². The molecule has 2 atom stereocenters. The highest BCUT2D eigenvalue weighted by Crippen LogP contribution is 2.36. The van der Waals surface area contributed by atoms with E-state index in [1.807, 2.05) is 25.1 Å². The Hall–Kier alpha value is -1.99. The van der Waals surface area contributed by atoms with E-state index in [0.717, 1.165) is 17.5 Å². The molecule has 2 fully saturated rings. The Bertz CT molecular complexity index is 925. The molecule has 0 spiro atoms. The second-order valence-electron chi connectivity index (χ2n) is 6.35. The molecule has 7 heteroatoms. The van der Waals surface area contributed by atoms with E-state index < -0.39 is 22.0 Å². The van der Waals surface area contributed by atoms with Crippen LogP contribution in [0.1, 0.15) is 18.5 Å². The van der Waals surface area contributed by atoms with Gasteiger partial charge in [-0.2, -0.15) is 4.31 Å². The lowest BCUT2D eigenvalue weighted by atomic mass is 9.96. The maximum Gasteiger partial charge on any atom is 0.324 e. The summed E-state index contributed by atoms with van der Waals surface area (Å²) >= 11 is 0. The van der Waals surface area contributed by atoms with Crippen LogP contribution in [-0.4, -0.2) is 42.9 Å². The fourth-order valence-electron chi connectivity index (χ4n) is 3.66. The van der Waals surface area contributed by atoms with Gasteiger partial charge in [-0.05, 0) is 37.8 Å². The number of aryl methyl sites for hydroxylation is 1. The molecule has 6 nitrogen and oxygen atoms in total. The smallest absolute Gasteiger partial charge is 0.324 e. The monoisotopic (exact) mass is 346 g/mol. The lowest BCUT2D eigenvalue weighted by Gasteiger charge is -2.29. The first kappa shape index (κ1) is 15.5. The van der Waals surface area contributed by atoms with E-state index in [2.05, 4.69) is 4.98 Å². The number of fused-ring (bicyclic) bond motifs is 2. The molecule has 1 aromatic carbocycles. The van der Waals surface area contributed by atoms with E-state index in [9.17, 15) is 13.2 Å². The molecule has 0 bridgehead atoms. The largest absolute Gasteiger partial charge is 0.464 e. The van der Waals surface area contributed by atoms with Crippen molar-refractivity contribution in [1.29, 1.82) is 0 Å². The van der Waals surface area contributed by atoms with E-state index in [0.29, 0.717) is 25.1 Å². The molecule has 24 heavy (non-hydrogen) atoms. The molecule has 0 saturated carbocycles. The summed E-state index contributed by atoms with van der Waals surface area (Å²) in [5, 5.41) is 0.767. The summed E-state index contributed by atoms with van der Waals surface area (Å²) < 4.78 is 32.9. The predicted molar refractivity (Wildman–Crippen MR) is 87.8 cm³/mol. The van der Waals surface area contributed by atoms with Crippen LogP contribution in [0, 0.1) is 12.8 Å². The molecule has 2 saturated heterocycles. The Morgan fingerprint density at radius 3 is 2.88 bits per heavy atom. The van der Waals surface area contributed by atoms with E-state index in [1.54, 1.807) is 12.1 Å². The number of pyridine rings is 1. The number of aromatic nitrogens is 1. The van der Waals surface area contributed by atoms with Gasteiger partial charge in [0.25, 0.3) is 0 Å². The molecule has 0 radical (unpaired) electrons. The zero-order chi connectivity index (χ0) is 16.9. The fourth-order valence-corrected chi connectivity index (χ4v) is 5.47. The SMILES string of the molecule is Cc1ccc2cccc(S(=O)(=O)N3CC[C@@H]4CCOC(=O)[C@H]43)c2n1. The molecule has 0 amide bonds. The summed E-state index contributed by atoms with van der Waals surface area (Å²) in [5.74, 6) is -0.387. The van der Waals surface area contributed by atoms with Gasteiger partial charge in [-0.3, -0.25) is 9.78 Å². The standard InChI is InChI=1S/C17H18N2O4S/c1-11-5-6-12-3-2-4-14(15(12)18-11)24(21,22)19-9-7-13-8-10-23-17(20)16(13)19/h2-6,13,16H,7-10H2,1H3/t13-,16+/m1/s1. The molecule has 126 valence electrons. The topological polar surface area (TPSA) is 76.6 Å². The molecule has 3 heterocycles. The van der Waals surface area contributed by atoms with Gasteiger partial charge >= 0.3 is 5.97 Å². The average molecular weight is 346 g/mol. The van der Waals surface area contributed by atoms with Crippen LogP contribution < -0.4 is 0 Å². The van der Waals surface area contributed by atoms with E-state index in [1.165, 1.54) is 4.31 Å². The zero-order valence-electron chi connectivity index (χ0n) is 13.3. The Morgan fingerprint density at radius 1 is 1.21 bits per heavy atom. The number of carbonyl (C=O) groups excluding carboxylic acids is 1. The number of esters is 1. The second-order valence-corrected chi connectivity index (χ2v) is 8.20. The minimum atomic E-state index is -3.82. The van der Waals surface area contributed by atoms with Crippen molar-refractivity contribution in [1.82, 2.24) is 9.29 Å². The van der Waals surface area contributed by atoms with Crippen LogP contribution in [0.3, 0.4) is 0 Å². The molecular formula is C17H18N2O4S. The number of rotatable bonds is 2. The van der Waals surface area contributed by atoms with Crippen molar-refractivity contribution in [3.63, 3.8) is 0 Å². The first-order valence-corrected chi connectivity index (χ1v) is 9.47. The highest BCUT2D eigenvalue weighted by Gasteiger charge is 2.48. The van der Waals surface area contributed by atoms with Crippen molar-refractivity contribution in [3.05, 3.63) is 36.0 Å². The maximum atomic E-state index is 13.2. The number of para-hydroxylation sites is 1. The van der Waals surface area contributed by atoms with Gasteiger partial charge in [-0.1, -0.05) is 18.2 Å². The normalized spacial score (nSPS) is 24.8. The van der Waals surface area contributed by atoms with E-state index >= 15 is 0 Å². The van der Waals surface area contributed by atoms with Crippen LogP contribution in [0.5, 0.6) is 0 Å². The van der Waals surface area contributed by atoms with Crippen LogP contribution >= 0.6 is 0 Å². The van der Waals surface area contributed by atoms with Crippen LogP contribution in [0.2, 0.25) is 0 Å². The van der Waals surface area contributed by atoms with Crippen molar-refractivity contribution >= 4 is 26.9 Å². The lowest BCUT2D eigenvalue weighted by molar-refractivity contribution is -0.153. The summed E-state index contributed by atoms with van der Waals surface area (Å²) in [6.07, 6.45) is 1.41. The molecule has 0 unspecified atom stereocenters. The van der Waals surface area contributed by atoms with Crippen molar-refractivity contribution < 1.29 is 17.9 Å². The van der Waals surface area contributed by atoms with Gasteiger partial charge in [-0.25, -0.2) is 8.42 Å². The number of cyclic esters (lactones) is 1. The van der Waals surface area contributed by atoms with Crippen molar-refractivity contribution in [2.24, 2.45) is 5.92 Å². The van der Waals surface area contributed by atoms with Crippen LogP contribution in [0.15, 0.2) is 35.2 Å². The number of ether oxygens (including phenoxy) is 1. The Morgan fingerprint density at radius 2 is 2.04 bits per heavy atom. The number of sulfonamides is 1. The van der Waals surface area contributed by atoms with Crippen LogP contribution in [0.4, 0.5) is 0 Å². The average Bonchev–Trinajstić information content (AvgIpc) is 3.00. The van der Waals surface area contributed by atoms with Gasteiger partial charge in [0.2, 0.25) is 10.0 Å². The van der Waals surface area contributed by atoms with Gasteiger partial charge < -0.3 is 4.74 Å². The fraction of sp³-hybridized carbons (Fsp3) is 0.412. The third-order valence-corrected chi connectivity index (χ3v) is 6.77. The van der Waals surface area contributed by atoms with Gasteiger partial charge in [0.15, 0.2) is 0 Å². The summed E-state index contributed by atoms with van der Waals surface area (Å²) in [5.41, 5.74) is 1.20. The first-order chi connectivity index (χ1) is 11.5. The van der Waals surface area contributed by atoms with Gasteiger partial charge in [-0.15, -0.1) is 0 Å². The summed E-state index contributed by atoms with van der Waals surface area (Å²) in [7, 11) is -3.82. The lowest BCUT2D eigenvalue weighted by Crippen LogP contribution is -2.46. The second kappa shape index (κ2) is 5.53. The van der Waals surface area contributed by atoms with Crippen LogP contribution in [0.25, 0.3) is 10.9 Å². The van der Waals surface area contributed by atoms with E-state index in [4.69, 9.17) is 4.74 Å². The summed E-state index contributed by atoms with van der Waals surface area (Å²) in [4.78, 5) is 16.7. The molecule has 0 aliphatic carbocycles. The van der Waals surface area contributed by atoms with Gasteiger partial charge in [0, 0.05) is 17.6 Å². The molecule has 2 aliphatic heterocycles. The molecular weight excluding hydrogens is 328 g/mol. The maximum absolute atomic E-state index is 13.2. The Balaban J connectivity index is 1.84. The molecule has 4 rings (SSSR count). The van der Waals surface area contributed by atoms with Crippen molar-refractivity contribution in [2.75, 3.05) is 13.2 Å². The summed E-state index contributed by atoms with van der Waals surface area (Å²) in [6.45, 7) is 2.55. The number of hydrogen-bond acceptors (Lipinski definition) is 5. The number of nitrogens with zero attached hydrogens (tertiary/aromatic N) is 2. The third-order valence-electron chi connectivity index (χ3n) is 4.86. The van der Waals surface area contributed by atoms with Gasteiger partial charge in [0.1, 0.15) is 10.9 Å². The highest BCUT2D eigenvalue weighted by molar-refractivity contribution is 7.89.